The van der Waals surface area contributed by atoms with Crippen LogP contribution in [0.5, 0.6) is 0 Å². The van der Waals surface area contributed by atoms with Gasteiger partial charge in [-0.3, -0.25) is 0 Å². The fourth-order valence-electron chi connectivity index (χ4n) is 1.07. The zero-order valence-electron chi connectivity index (χ0n) is 7.31. The highest BCUT2D eigenvalue weighted by atomic mass is 35.5. The minimum Gasteiger partial charge on any atom is -0.223 e. The Bertz CT molecular complexity index is 367. The molecule has 0 spiro atoms. The van der Waals surface area contributed by atoms with Crippen molar-refractivity contribution < 1.29 is 0 Å². The van der Waals surface area contributed by atoms with Gasteiger partial charge in [0.1, 0.15) is 16.4 Å². The predicted octanol–water partition coefficient (Wildman–Crippen LogP) is 3.38. The zero-order valence-corrected chi connectivity index (χ0v) is 8.82. The molecule has 0 atom stereocenters. The molecule has 0 saturated carbocycles. The van der Waals surface area contributed by atoms with Crippen LogP contribution in [-0.4, -0.2) is 4.98 Å². The summed E-state index contributed by atoms with van der Waals surface area (Å²) in [5, 5.41) is 9.33. The third kappa shape index (κ3) is 2.12. The number of hydrogen-bond donors (Lipinski definition) is 0. The van der Waals surface area contributed by atoms with Gasteiger partial charge >= 0.3 is 0 Å². The average Bonchev–Trinajstić information content (AvgIpc) is 2.02. The van der Waals surface area contributed by atoms with E-state index in [2.05, 4.69) is 4.98 Å². The molecule has 0 bridgehead atoms. The molecule has 0 amide bonds. The normalized spacial score (nSPS) is 10.2. The molecule has 1 aromatic rings. The second-order valence-electron chi connectivity index (χ2n) is 2.97. The van der Waals surface area contributed by atoms with Crippen molar-refractivity contribution in [2.45, 2.75) is 19.8 Å². The number of aromatic nitrogens is 1. The first kappa shape index (κ1) is 10.3. The van der Waals surface area contributed by atoms with E-state index < -0.39 is 0 Å². The van der Waals surface area contributed by atoms with E-state index in [1.54, 1.807) is 6.07 Å². The number of halogens is 2. The van der Waals surface area contributed by atoms with Gasteiger partial charge in [0.2, 0.25) is 0 Å². The zero-order chi connectivity index (χ0) is 10.0. The molecule has 0 unspecified atom stereocenters. The Morgan fingerprint density at radius 1 is 1.46 bits per heavy atom. The lowest BCUT2D eigenvalue weighted by molar-refractivity contribution is 0.858. The molecule has 0 aliphatic heterocycles. The summed E-state index contributed by atoms with van der Waals surface area (Å²) in [6, 6.07) is 3.70. The van der Waals surface area contributed by atoms with Gasteiger partial charge in [0.25, 0.3) is 0 Å². The largest absolute Gasteiger partial charge is 0.223 e. The Hall–Kier alpha value is -0.780. The second-order valence-corrected chi connectivity index (χ2v) is 3.71. The number of hydrogen-bond acceptors (Lipinski definition) is 2. The van der Waals surface area contributed by atoms with Crippen LogP contribution in [0.2, 0.25) is 10.3 Å². The molecule has 0 fully saturated rings. The van der Waals surface area contributed by atoms with Gasteiger partial charge in [-0.2, -0.15) is 5.26 Å². The molecule has 1 heterocycles. The van der Waals surface area contributed by atoms with Gasteiger partial charge in [0.15, 0.2) is 0 Å². The van der Waals surface area contributed by atoms with Crippen LogP contribution in [-0.2, 0) is 0 Å². The van der Waals surface area contributed by atoms with Gasteiger partial charge in [-0.25, -0.2) is 4.98 Å². The number of rotatable bonds is 1. The predicted molar refractivity (Wildman–Crippen MR) is 53.1 cm³/mol. The Morgan fingerprint density at radius 2 is 2.08 bits per heavy atom. The molecular formula is C9H8Cl2N2. The molecule has 2 nitrogen and oxygen atoms in total. The summed E-state index contributed by atoms with van der Waals surface area (Å²) in [6.45, 7) is 3.95. The molecular weight excluding hydrogens is 207 g/mol. The van der Waals surface area contributed by atoms with Crippen molar-refractivity contribution in [1.82, 2.24) is 4.98 Å². The van der Waals surface area contributed by atoms with Crippen LogP contribution in [0.1, 0.15) is 30.9 Å². The summed E-state index contributed by atoms with van der Waals surface area (Å²) in [5.41, 5.74) is 1.26. The van der Waals surface area contributed by atoms with Crippen molar-refractivity contribution in [3.63, 3.8) is 0 Å². The minimum absolute atomic E-state index is 0.179. The maximum atomic E-state index is 8.82. The van der Waals surface area contributed by atoms with Crippen LogP contribution in [0.4, 0.5) is 0 Å². The maximum Gasteiger partial charge on any atom is 0.148 e. The third-order valence-corrected chi connectivity index (χ3v) is 2.18. The van der Waals surface area contributed by atoms with Gasteiger partial charge in [-0.15, -0.1) is 0 Å². The lowest BCUT2D eigenvalue weighted by Crippen LogP contribution is -1.96. The van der Waals surface area contributed by atoms with Crippen molar-refractivity contribution in [2.75, 3.05) is 0 Å². The van der Waals surface area contributed by atoms with Gasteiger partial charge in [0.05, 0.1) is 5.56 Å². The topological polar surface area (TPSA) is 36.7 Å². The Balaban J connectivity index is 3.41. The number of pyridine rings is 1. The Kier molecular flexibility index (Phi) is 3.13. The summed E-state index contributed by atoms with van der Waals surface area (Å²) in [4.78, 5) is 3.80. The van der Waals surface area contributed by atoms with E-state index in [-0.39, 0.29) is 11.1 Å². The fourth-order valence-corrected chi connectivity index (χ4v) is 1.56. The second kappa shape index (κ2) is 3.95. The van der Waals surface area contributed by atoms with Crippen molar-refractivity contribution in [3.8, 4) is 6.07 Å². The van der Waals surface area contributed by atoms with E-state index in [4.69, 9.17) is 28.5 Å². The minimum atomic E-state index is 0.179. The van der Waals surface area contributed by atoms with Crippen LogP contribution in [0.3, 0.4) is 0 Å². The molecule has 1 rings (SSSR count). The van der Waals surface area contributed by atoms with Gasteiger partial charge < -0.3 is 0 Å². The smallest absolute Gasteiger partial charge is 0.148 e. The molecule has 0 N–H and O–H groups in total. The van der Waals surface area contributed by atoms with Crippen LogP contribution in [0.15, 0.2) is 6.07 Å². The molecule has 1 aromatic heterocycles. The third-order valence-electron chi connectivity index (χ3n) is 1.71. The SMILES string of the molecule is CC(C)c1cc(Cl)nc(Cl)c1C#N. The van der Waals surface area contributed by atoms with Crippen molar-refractivity contribution in [1.29, 1.82) is 5.26 Å². The molecule has 68 valence electrons. The first-order chi connectivity index (χ1) is 6.06. The highest BCUT2D eigenvalue weighted by Crippen LogP contribution is 2.26. The van der Waals surface area contributed by atoms with Gasteiger partial charge in [-0.05, 0) is 17.5 Å². The molecule has 0 radical (unpaired) electrons. The Labute approximate surface area is 87.1 Å². The fraction of sp³-hybridized carbons (Fsp3) is 0.333. The van der Waals surface area contributed by atoms with E-state index in [1.165, 1.54) is 0 Å². The van der Waals surface area contributed by atoms with Crippen LogP contribution >= 0.6 is 23.2 Å². The molecule has 13 heavy (non-hydrogen) atoms. The lowest BCUT2D eigenvalue weighted by atomic mass is 10.0. The first-order valence-electron chi connectivity index (χ1n) is 3.82. The first-order valence-corrected chi connectivity index (χ1v) is 4.58. The summed E-state index contributed by atoms with van der Waals surface area (Å²) in [6.07, 6.45) is 0. The van der Waals surface area contributed by atoms with Crippen LogP contribution in [0, 0.1) is 11.3 Å². The van der Waals surface area contributed by atoms with Crippen LogP contribution in [0.25, 0.3) is 0 Å². The van der Waals surface area contributed by atoms with E-state index in [0.29, 0.717) is 10.7 Å². The average molecular weight is 215 g/mol. The summed E-state index contributed by atoms with van der Waals surface area (Å²) in [7, 11) is 0. The lowest BCUT2D eigenvalue weighted by Gasteiger charge is -2.08. The molecule has 0 aliphatic rings. The van der Waals surface area contributed by atoms with E-state index >= 15 is 0 Å². The number of nitrogens with zero attached hydrogens (tertiary/aromatic N) is 2. The van der Waals surface area contributed by atoms with Crippen LogP contribution < -0.4 is 0 Å². The van der Waals surface area contributed by atoms with Crippen molar-refractivity contribution in [3.05, 3.63) is 27.5 Å². The van der Waals surface area contributed by atoms with Gasteiger partial charge in [-0.1, -0.05) is 37.0 Å². The molecule has 0 saturated heterocycles. The monoisotopic (exact) mass is 214 g/mol. The molecule has 4 heteroatoms. The maximum absolute atomic E-state index is 8.82. The van der Waals surface area contributed by atoms with E-state index in [9.17, 15) is 0 Å². The van der Waals surface area contributed by atoms with E-state index in [0.717, 1.165) is 5.56 Å². The highest BCUT2D eigenvalue weighted by Gasteiger charge is 2.12. The summed E-state index contributed by atoms with van der Waals surface area (Å²) >= 11 is 11.5. The standard InChI is InChI=1S/C9H8Cl2N2/c1-5(2)6-3-8(10)13-9(11)7(6)4-12/h3,5H,1-2H3. The quantitative estimate of drug-likeness (QED) is 0.673. The molecule has 0 aromatic carbocycles. The van der Waals surface area contributed by atoms with Crippen molar-refractivity contribution >= 4 is 23.2 Å². The van der Waals surface area contributed by atoms with Crippen molar-refractivity contribution in [2.24, 2.45) is 0 Å². The van der Waals surface area contributed by atoms with E-state index in [1.807, 2.05) is 19.9 Å². The summed E-state index contributed by atoms with van der Waals surface area (Å²) in [5.74, 6) is 0.215. The van der Waals surface area contributed by atoms with Gasteiger partial charge in [0, 0.05) is 0 Å². The summed E-state index contributed by atoms with van der Waals surface area (Å²) < 4.78 is 0. The highest BCUT2D eigenvalue weighted by molar-refractivity contribution is 6.33. The Morgan fingerprint density at radius 3 is 2.54 bits per heavy atom. The number of nitriles is 1. The molecule has 0 aliphatic carbocycles.